The molecule has 0 bridgehead atoms. The van der Waals surface area contributed by atoms with Crippen molar-refractivity contribution in [2.45, 2.75) is 13.8 Å². The maximum atomic E-state index is 11.9. The average Bonchev–Trinajstić information content (AvgIpc) is 2.50. The van der Waals surface area contributed by atoms with Gasteiger partial charge >= 0.3 is 0 Å². The van der Waals surface area contributed by atoms with Crippen LogP contribution >= 0.6 is 15.9 Å². The molecule has 0 fully saturated rings. The number of ether oxygens (including phenoxy) is 2. The Morgan fingerprint density at radius 1 is 1.09 bits per heavy atom. The van der Waals surface area contributed by atoms with Crippen molar-refractivity contribution in [3.05, 3.63) is 52.5 Å². The molecular weight excluding hydrogens is 346 g/mol. The molecule has 5 heteroatoms. The lowest BCUT2D eigenvalue weighted by Crippen LogP contribution is -2.20. The molecule has 0 saturated heterocycles. The van der Waals surface area contributed by atoms with Gasteiger partial charge < -0.3 is 14.8 Å². The molecule has 0 saturated carbocycles. The molecule has 0 aliphatic rings. The number of amides is 1. The Kier molecular flexibility index (Phi) is 5.83. The van der Waals surface area contributed by atoms with E-state index >= 15 is 0 Å². The zero-order valence-electron chi connectivity index (χ0n) is 12.6. The second-order valence-corrected chi connectivity index (χ2v) is 5.58. The van der Waals surface area contributed by atoms with Gasteiger partial charge in [-0.3, -0.25) is 4.79 Å². The summed E-state index contributed by atoms with van der Waals surface area (Å²) in [6.07, 6.45) is 0. The van der Waals surface area contributed by atoms with Crippen LogP contribution in [0.25, 0.3) is 0 Å². The number of rotatable bonds is 6. The molecular formula is C17H18BrNO3. The third-order valence-corrected chi connectivity index (χ3v) is 3.56. The van der Waals surface area contributed by atoms with Gasteiger partial charge in [0.1, 0.15) is 11.5 Å². The highest BCUT2D eigenvalue weighted by molar-refractivity contribution is 9.10. The number of halogens is 1. The van der Waals surface area contributed by atoms with E-state index in [2.05, 4.69) is 21.2 Å². The summed E-state index contributed by atoms with van der Waals surface area (Å²) in [4.78, 5) is 11.9. The fourth-order valence-electron chi connectivity index (χ4n) is 1.86. The van der Waals surface area contributed by atoms with Crippen molar-refractivity contribution in [3.63, 3.8) is 0 Å². The monoisotopic (exact) mass is 363 g/mol. The molecule has 2 rings (SSSR count). The second-order valence-electron chi connectivity index (χ2n) is 4.72. The van der Waals surface area contributed by atoms with Gasteiger partial charge in [-0.05, 0) is 71.7 Å². The third kappa shape index (κ3) is 4.77. The van der Waals surface area contributed by atoms with Crippen molar-refractivity contribution < 1.29 is 14.3 Å². The number of aryl methyl sites for hydroxylation is 1. The maximum absolute atomic E-state index is 11.9. The number of anilines is 1. The van der Waals surface area contributed by atoms with Gasteiger partial charge in [-0.1, -0.05) is 6.07 Å². The van der Waals surface area contributed by atoms with Crippen LogP contribution in [0.3, 0.4) is 0 Å². The molecule has 4 nitrogen and oxygen atoms in total. The first-order chi connectivity index (χ1) is 10.6. The van der Waals surface area contributed by atoms with Crippen molar-refractivity contribution in [2.24, 2.45) is 0 Å². The SMILES string of the molecule is CCOc1ccc(OCC(=O)Nc2ccc(C)cc2Br)cc1. The minimum atomic E-state index is -0.210. The van der Waals surface area contributed by atoms with Gasteiger partial charge in [0, 0.05) is 4.47 Å². The molecule has 116 valence electrons. The molecule has 0 heterocycles. The first-order valence-electron chi connectivity index (χ1n) is 7.00. The van der Waals surface area contributed by atoms with Crippen LogP contribution in [0.4, 0.5) is 5.69 Å². The molecule has 0 radical (unpaired) electrons. The Bertz CT molecular complexity index is 641. The van der Waals surface area contributed by atoms with Crippen molar-refractivity contribution in [2.75, 3.05) is 18.5 Å². The minimum absolute atomic E-state index is 0.0473. The summed E-state index contributed by atoms with van der Waals surface area (Å²) in [5.41, 5.74) is 1.85. The van der Waals surface area contributed by atoms with E-state index in [1.165, 1.54) is 0 Å². The van der Waals surface area contributed by atoms with Crippen molar-refractivity contribution >= 4 is 27.5 Å². The summed E-state index contributed by atoms with van der Waals surface area (Å²) in [5, 5.41) is 2.80. The minimum Gasteiger partial charge on any atom is -0.494 e. The normalized spacial score (nSPS) is 10.1. The number of carbonyl (C=O) groups excluding carboxylic acids is 1. The molecule has 0 aliphatic carbocycles. The lowest BCUT2D eigenvalue weighted by Gasteiger charge is -2.10. The Hall–Kier alpha value is -2.01. The summed E-state index contributed by atoms with van der Waals surface area (Å²) in [5.74, 6) is 1.20. The maximum Gasteiger partial charge on any atom is 0.262 e. The Labute approximate surface area is 138 Å². The largest absolute Gasteiger partial charge is 0.494 e. The van der Waals surface area contributed by atoms with Crippen LogP contribution in [0.15, 0.2) is 46.9 Å². The van der Waals surface area contributed by atoms with E-state index in [0.29, 0.717) is 12.4 Å². The number of hydrogen-bond acceptors (Lipinski definition) is 3. The quantitative estimate of drug-likeness (QED) is 0.837. The van der Waals surface area contributed by atoms with Crippen molar-refractivity contribution in [1.29, 1.82) is 0 Å². The van der Waals surface area contributed by atoms with Gasteiger partial charge in [0.15, 0.2) is 6.61 Å². The zero-order valence-corrected chi connectivity index (χ0v) is 14.1. The van der Waals surface area contributed by atoms with Crippen LogP contribution in [0, 0.1) is 6.92 Å². The standard InChI is InChI=1S/C17H18BrNO3/c1-3-21-13-5-7-14(8-6-13)22-11-17(20)19-16-9-4-12(2)10-15(16)18/h4-10H,3,11H2,1-2H3,(H,19,20). The summed E-state index contributed by atoms with van der Waals surface area (Å²) in [6, 6.07) is 12.9. The third-order valence-electron chi connectivity index (χ3n) is 2.90. The average molecular weight is 364 g/mol. The first kappa shape index (κ1) is 16.4. The van der Waals surface area contributed by atoms with Gasteiger partial charge in [0.05, 0.1) is 12.3 Å². The van der Waals surface area contributed by atoms with E-state index in [1.807, 2.05) is 44.2 Å². The smallest absolute Gasteiger partial charge is 0.262 e. The second kappa shape index (κ2) is 7.84. The van der Waals surface area contributed by atoms with E-state index in [1.54, 1.807) is 12.1 Å². The summed E-state index contributed by atoms with van der Waals surface area (Å²) in [7, 11) is 0. The van der Waals surface area contributed by atoms with Crippen LogP contribution in [0.2, 0.25) is 0 Å². The topological polar surface area (TPSA) is 47.6 Å². The Morgan fingerprint density at radius 3 is 2.32 bits per heavy atom. The molecule has 0 spiro atoms. The summed E-state index contributed by atoms with van der Waals surface area (Å²) in [6.45, 7) is 4.49. The van der Waals surface area contributed by atoms with E-state index < -0.39 is 0 Å². The predicted molar refractivity (Wildman–Crippen MR) is 90.6 cm³/mol. The van der Waals surface area contributed by atoms with E-state index in [-0.39, 0.29) is 12.5 Å². The van der Waals surface area contributed by atoms with Gasteiger partial charge in [-0.15, -0.1) is 0 Å². The summed E-state index contributed by atoms with van der Waals surface area (Å²) >= 11 is 3.42. The molecule has 22 heavy (non-hydrogen) atoms. The number of nitrogens with one attached hydrogen (secondary N) is 1. The van der Waals surface area contributed by atoms with Gasteiger partial charge in [0.2, 0.25) is 0 Å². The molecule has 0 atom stereocenters. The lowest BCUT2D eigenvalue weighted by atomic mass is 10.2. The fraction of sp³-hybridized carbons (Fsp3) is 0.235. The molecule has 0 aromatic heterocycles. The lowest BCUT2D eigenvalue weighted by molar-refractivity contribution is -0.118. The fourth-order valence-corrected chi connectivity index (χ4v) is 2.45. The molecule has 1 amide bonds. The zero-order chi connectivity index (χ0) is 15.9. The van der Waals surface area contributed by atoms with E-state index in [9.17, 15) is 4.79 Å². The summed E-state index contributed by atoms with van der Waals surface area (Å²) < 4.78 is 11.7. The van der Waals surface area contributed by atoms with Crippen LogP contribution in [-0.4, -0.2) is 19.1 Å². The first-order valence-corrected chi connectivity index (χ1v) is 7.79. The van der Waals surface area contributed by atoms with Gasteiger partial charge in [-0.2, -0.15) is 0 Å². The Balaban J connectivity index is 1.87. The molecule has 2 aromatic carbocycles. The molecule has 0 aliphatic heterocycles. The highest BCUT2D eigenvalue weighted by atomic mass is 79.9. The van der Waals surface area contributed by atoms with E-state index in [4.69, 9.17) is 9.47 Å². The van der Waals surface area contributed by atoms with Gasteiger partial charge in [0.25, 0.3) is 5.91 Å². The van der Waals surface area contributed by atoms with Crippen LogP contribution in [0.5, 0.6) is 11.5 Å². The highest BCUT2D eigenvalue weighted by Crippen LogP contribution is 2.23. The number of hydrogen-bond donors (Lipinski definition) is 1. The van der Waals surface area contributed by atoms with Crippen molar-refractivity contribution in [1.82, 2.24) is 0 Å². The number of carbonyl (C=O) groups is 1. The highest BCUT2D eigenvalue weighted by Gasteiger charge is 2.07. The molecule has 2 aromatic rings. The van der Waals surface area contributed by atoms with E-state index in [0.717, 1.165) is 21.5 Å². The molecule has 0 unspecified atom stereocenters. The Morgan fingerprint density at radius 2 is 1.73 bits per heavy atom. The van der Waals surface area contributed by atoms with Crippen LogP contribution in [-0.2, 0) is 4.79 Å². The van der Waals surface area contributed by atoms with Gasteiger partial charge in [-0.25, -0.2) is 0 Å². The number of benzene rings is 2. The van der Waals surface area contributed by atoms with Crippen LogP contribution < -0.4 is 14.8 Å². The van der Waals surface area contributed by atoms with Crippen LogP contribution in [0.1, 0.15) is 12.5 Å². The predicted octanol–water partition coefficient (Wildman–Crippen LogP) is 4.17. The van der Waals surface area contributed by atoms with Crippen molar-refractivity contribution in [3.8, 4) is 11.5 Å². The molecule has 1 N–H and O–H groups in total.